The van der Waals surface area contributed by atoms with E-state index in [-0.39, 0.29) is 5.91 Å². The molecule has 17 heavy (non-hydrogen) atoms. The minimum absolute atomic E-state index is 0.0207. The smallest absolute Gasteiger partial charge is 0.245 e. The first-order valence-electron chi connectivity index (χ1n) is 5.84. The van der Waals surface area contributed by atoms with Gasteiger partial charge in [-0.2, -0.15) is 0 Å². The van der Waals surface area contributed by atoms with Gasteiger partial charge in [-0.3, -0.25) is 4.79 Å². The molecule has 0 bridgehead atoms. The van der Waals surface area contributed by atoms with E-state index in [1.807, 2.05) is 13.0 Å². The van der Waals surface area contributed by atoms with Crippen LogP contribution in [0.1, 0.15) is 26.2 Å². The van der Waals surface area contributed by atoms with Crippen LogP contribution in [0.25, 0.3) is 0 Å². The highest BCUT2D eigenvalue weighted by Gasteiger charge is 2.39. The van der Waals surface area contributed by atoms with Gasteiger partial charge < -0.3 is 10.6 Å². The topological polar surface area (TPSA) is 54.0 Å². The second kappa shape index (κ2) is 5.14. The van der Waals surface area contributed by atoms with Crippen molar-refractivity contribution in [2.75, 3.05) is 11.9 Å². The number of pyridine rings is 1. The van der Waals surface area contributed by atoms with Crippen LogP contribution in [0.4, 0.5) is 5.82 Å². The van der Waals surface area contributed by atoms with Crippen LogP contribution < -0.4 is 10.6 Å². The quantitative estimate of drug-likeness (QED) is 0.900. The van der Waals surface area contributed by atoms with Gasteiger partial charge in [0.15, 0.2) is 0 Å². The number of carbonyl (C=O) groups excluding carboxylic acids is 1. The summed E-state index contributed by atoms with van der Waals surface area (Å²) in [6, 6.07) is 3.66. The maximum Gasteiger partial charge on any atom is 0.245 e. The summed E-state index contributed by atoms with van der Waals surface area (Å²) in [5, 5.41) is 6.17. The van der Waals surface area contributed by atoms with Crippen LogP contribution in [0.15, 0.2) is 22.8 Å². The second-order valence-corrected chi connectivity index (χ2v) is 5.20. The molecule has 4 nitrogen and oxygen atoms in total. The number of halogens is 1. The predicted molar refractivity (Wildman–Crippen MR) is 70.8 cm³/mol. The zero-order valence-electron chi connectivity index (χ0n) is 9.79. The number of carbonyl (C=O) groups is 1. The number of aromatic nitrogens is 1. The van der Waals surface area contributed by atoms with Crippen LogP contribution in [0.3, 0.4) is 0 Å². The Morgan fingerprint density at radius 2 is 2.47 bits per heavy atom. The van der Waals surface area contributed by atoms with Gasteiger partial charge in [-0.15, -0.1) is 0 Å². The molecule has 1 aliphatic heterocycles. The molecule has 0 radical (unpaired) electrons. The van der Waals surface area contributed by atoms with Gasteiger partial charge in [0.25, 0.3) is 0 Å². The van der Waals surface area contributed by atoms with Gasteiger partial charge in [0.05, 0.1) is 5.54 Å². The fraction of sp³-hybridized carbons (Fsp3) is 0.500. The Bertz CT molecular complexity index is 399. The number of hydrogen-bond donors (Lipinski definition) is 2. The average Bonchev–Trinajstić information content (AvgIpc) is 2.82. The van der Waals surface area contributed by atoms with Crippen molar-refractivity contribution in [1.29, 1.82) is 0 Å². The first kappa shape index (κ1) is 12.5. The molecule has 1 atom stereocenters. The largest absolute Gasteiger partial charge is 0.309 e. The van der Waals surface area contributed by atoms with Gasteiger partial charge in [-0.25, -0.2) is 4.98 Å². The number of nitrogens with one attached hydrogen (secondary N) is 2. The average molecular weight is 298 g/mol. The maximum absolute atomic E-state index is 12.2. The number of amides is 1. The van der Waals surface area contributed by atoms with E-state index >= 15 is 0 Å². The van der Waals surface area contributed by atoms with Crippen molar-refractivity contribution in [2.45, 2.75) is 31.7 Å². The molecule has 1 aliphatic rings. The lowest BCUT2D eigenvalue weighted by molar-refractivity contribution is -0.122. The van der Waals surface area contributed by atoms with E-state index in [1.165, 1.54) is 0 Å². The summed E-state index contributed by atoms with van der Waals surface area (Å²) < 4.78 is 0.902. The van der Waals surface area contributed by atoms with E-state index in [9.17, 15) is 4.79 Å². The van der Waals surface area contributed by atoms with Gasteiger partial charge in [0, 0.05) is 10.7 Å². The van der Waals surface area contributed by atoms with Crippen molar-refractivity contribution >= 4 is 27.7 Å². The minimum Gasteiger partial charge on any atom is -0.309 e. The van der Waals surface area contributed by atoms with Crippen LogP contribution in [-0.2, 0) is 4.79 Å². The fourth-order valence-electron chi connectivity index (χ4n) is 2.15. The van der Waals surface area contributed by atoms with Crippen LogP contribution in [0.5, 0.6) is 0 Å². The van der Waals surface area contributed by atoms with Crippen LogP contribution in [-0.4, -0.2) is 23.0 Å². The highest BCUT2D eigenvalue weighted by Crippen LogP contribution is 2.24. The SMILES string of the molecule is CCC1(C(=O)Nc2ccc(Br)cn2)CCCN1. The molecule has 2 heterocycles. The minimum atomic E-state index is -0.408. The lowest BCUT2D eigenvalue weighted by Crippen LogP contribution is -2.50. The van der Waals surface area contributed by atoms with Crippen molar-refractivity contribution < 1.29 is 4.79 Å². The van der Waals surface area contributed by atoms with E-state index < -0.39 is 5.54 Å². The Labute approximate surface area is 109 Å². The molecule has 5 heteroatoms. The van der Waals surface area contributed by atoms with E-state index in [2.05, 4.69) is 31.5 Å². The highest BCUT2D eigenvalue weighted by atomic mass is 79.9. The molecule has 92 valence electrons. The van der Waals surface area contributed by atoms with Crippen molar-refractivity contribution in [1.82, 2.24) is 10.3 Å². The molecule has 1 saturated heterocycles. The normalized spacial score (nSPS) is 23.6. The molecule has 2 rings (SSSR count). The second-order valence-electron chi connectivity index (χ2n) is 4.28. The van der Waals surface area contributed by atoms with Crippen LogP contribution in [0, 0.1) is 0 Å². The van der Waals surface area contributed by atoms with E-state index in [1.54, 1.807) is 12.3 Å². The molecule has 2 N–H and O–H groups in total. The van der Waals surface area contributed by atoms with Gasteiger partial charge in [0.2, 0.25) is 5.91 Å². The van der Waals surface area contributed by atoms with Gasteiger partial charge >= 0.3 is 0 Å². The molecule has 1 fully saturated rings. The highest BCUT2D eigenvalue weighted by molar-refractivity contribution is 9.10. The summed E-state index contributed by atoms with van der Waals surface area (Å²) in [4.78, 5) is 16.4. The van der Waals surface area contributed by atoms with Crippen LogP contribution in [0.2, 0.25) is 0 Å². The van der Waals surface area contributed by atoms with Crippen LogP contribution >= 0.6 is 15.9 Å². The summed E-state index contributed by atoms with van der Waals surface area (Å²) in [6.45, 7) is 2.95. The number of nitrogens with zero attached hydrogens (tertiary/aromatic N) is 1. The summed E-state index contributed by atoms with van der Waals surface area (Å²) >= 11 is 3.31. The molecular weight excluding hydrogens is 282 g/mol. The molecule has 0 aromatic carbocycles. The third-order valence-electron chi connectivity index (χ3n) is 3.25. The molecular formula is C12H16BrN3O. The van der Waals surface area contributed by atoms with E-state index in [4.69, 9.17) is 0 Å². The Morgan fingerprint density at radius 1 is 1.65 bits per heavy atom. The molecule has 0 saturated carbocycles. The summed E-state index contributed by atoms with van der Waals surface area (Å²) in [5.74, 6) is 0.618. The van der Waals surface area contributed by atoms with Crippen molar-refractivity contribution in [3.8, 4) is 0 Å². The lowest BCUT2D eigenvalue weighted by Gasteiger charge is -2.26. The molecule has 1 unspecified atom stereocenters. The van der Waals surface area contributed by atoms with Crippen molar-refractivity contribution in [3.05, 3.63) is 22.8 Å². The van der Waals surface area contributed by atoms with Gasteiger partial charge in [0.1, 0.15) is 5.82 Å². The number of hydrogen-bond acceptors (Lipinski definition) is 3. The number of rotatable bonds is 3. The number of anilines is 1. The first-order chi connectivity index (χ1) is 8.16. The van der Waals surface area contributed by atoms with Crippen molar-refractivity contribution in [3.63, 3.8) is 0 Å². The molecule has 0 spiro atoms. The molecule has 1 aromatic rings. The lowest BCUT2D eigenvalue weighted by atomic mass is 9.93. The summed E-state index contributed by atoms with van der Waals surface area (Å²) in [7, 11) is 0. The third-order valence-corrected chi connectivity index (χ3v) is 3.72. The first-order valence-corrected chi connectivity index (χ1v) is 6.64. The van der Waals surface area contributed by atoms with E-state index in [0.717, 1.165) is 30.3 Å². The maximum atomic E-state index is 12.2. The zero-order chi connectivity index (χ0) is 12.3. The Hall–Kier alpha value is -0.940. The molecule has 0 aliphatic carbocycles. The molecule has 1 amide bonds. The Balaban J connectivity index is 2.08. The predicted octanol–water partition coefficient (Wildman–Crippen LogP) is 2.31. The Kier molecular flexibility index (Phi) is 3.79. The van der Waals surface area contributed by atoms with Gasteiger partial charge in [-0.1, -0.05) is 6.92 Å². The zero-order valence-corrected chi connectivity index (χ0v) is 11.4. The van der Waals surface area contributed by atoms with E-state index in [0.29, 0.717) is 5.82 Å². The third kappa shape index (κ3) is 2.66. The fourth-order valence-corrected chi connectivity index (χ4v) is 2.38. The summed E-state index contributed by atoms with van der Waals surface area (Å²) in [6.07, 6.45) is 4.42. The summed E-state index contributed by atoms with van der Waals surface area (Å²) in [5.41, 5.74) is -0.408. The Morgan fingerprint density at radius 3 is 3.00 bits per heavy atom. The standard InChI is InChI=1S/C12H16BrN3O/c1-2-12(6-3-7-15-12)11(17)16-10-5-4-9(13)8-14-10/h4-5,8,15H,2-3,6-7H2,1H3,(H,14,16,17). The van der Waals surface area contributed by atoms with Crippen molar-refractivity contribution in [2.24, 2.45) is 0 Å². The monoisotopic (exact) mass is 297 g/mol. The van der Waals surface area contributed by atoms with Gasteiger partial charge in [-0.05, 0) is 53.9 Å². The molecule has 1 aromatic heterocycles.